The van der Waals surface area contributed by atoms with E-state index in [1.165, 1.54) is 0 Å². The van der Waals surface area contributed by atoms with Crippen LogP contribution in [0, 0.1) is 11.8 Å². The van der Waals surface area contributed by atoms with Crippen LogP contribution in [0.3, 0.4) is 0 Å². The second-order valence-electron chi connectivity index (χ2n) is 5.09. The normalized spacial score (nSPS) is 38.8. The molecule has 0 atom stereocenters. The van der Waals surface area contributed by atoms with E-state index >= 15 is 0 Å². The lowest BCUT2D eigenvalue weighted by atomic mass is 9.79. The Hall–Kier alpha value is 0.200. The molecule has 2 fully saturated rings. The number of rotatable bonds is 1. The zero-order valence-corrected chi connectivity index (χ0v) is 10.5. The van der Waals surface area contributed by atoms with Crippen LogP contribution in [0.4, 0.5) is 17.6 Å². The van der Waals surface area contributed by atoms with E-state index in [0.717, 1.165) is 25.7 Å². The number of hydrogen-bond acceptors (Lipinski definition) is 0. The quantitative estimate of drug-likeness (QED) is 0.490. The third kappa shape index (κ3) is 2.24. The van der Waals surface area contributed by atoms with Crippen LogP contribution in [-0.2, 0) is 0 Å². The van der Waals surface area contributed by atoms with Crippen molar-refractivity contribution in [3.8, 4) is 0 Å². The van der Waals surface area contributed by atoms with Crippen LogP contribution in [0.2, 0.25) is 0 Å². The average Bonchev–Trinajstić information content (AvgIpc) is 2.37. The topological polar surface area (TPSA) is 0 Å². The Morgan fingerprint density at radius 2 is 1.19 bits per heavy atom. The predicted octanol–water partition coefficient (Wildman–Crippen LogP) is 4.62. The Morgan fingerprint density at radius 3 is 1.62 bits per heavy atom. The molecule has 0 spiro atoms. The Bertz CT molecular complexity index is 243. The molecule has 0 heterocycles. The molecule has 16 heavy (non-hydrogen) atoms. The molecule has 2 aliphatic rings. The Kier molecular flexibility index (Phi) is 3.28. The van der Waals surface area contributed by atoms with Crippen molar-refractivity contribution in [1.82, 2.24) is 0 Å². The first-order chi connectivity index (χ1) is 7.32. The summed E-state index contributed by atoms with van der Waals surface area (Å²) in [7, 11) is 0. The summed E-state index contributed by atoms with van der Waals surface area (Å²) in [6.45, 7) is 0. The van der Waals surface area contributed by atoms with Crippen molar-refractivity contribution in [2.24, 2.45) is 11.8 Å². The molecule has 5 heteroatoms. The predicted molar refractivity (Wildman–Crippen MR) is 57.3 cm³/mol. The fourth-order valence-electron chi connectivity index (χ4n) is 2.91. The molecule has 0 aromatic rings. The molecular weight excluding hydrogens is 288 g/mol. The first-order valence-corrected chi connectivity index (χ1v) is 6.63. The highest BCUT2D eigenvalue weighted by atomic mass is 79.9. The number of hydrogen-bond donors (Lipinski definition) is 0. The molecule has 0 aromatic carbocycles. The lowest BCUT2D eigenvalue weighted by molar-refractivity contribution is -0.185. The molecule has 2 rings (SSSR count). The van der Waals surface area contributed by atoms with Gasteiger partial charge in [0.1, 0.15) is 0 Å². The summed E-state index contributed by atoms with van der Waals surface area (Å²) >= 11 is 3.47. The third-order valence-electron chi connectivity index (χ3n) is 3.94. The van der Waals surface area contributed by atoms with Gasteiger partial charge in [-0.05, 0) is 37.5 Å². The molecule has 0 nitrogen and oxygen atoms in total. The lowest BCUT2D eigenvalue weighted by Crippen LogP contribution is -2.33. The van der Waals surface area contributed by atoms with Gasteiger partial charge in [0, 0.05) is 17.7 Å². The highest BCUT2D eigenvalue weighted by Gasteiger charge is 2.63. The van der Waals surface area contributed by atoms with E-state index in [0.29, 0.717) is 4.83 Å². The first kappa shape index (κ1) is 12.7. The molecule has 0 radical (unpaired) electrons. The Labute approximate surface area is 101 Å². The zero-order chi connectivity index (χ0) is 12.0. The van der Waals surface area contributed by atoms with Crippen molar-refractivity contribution in [3.63, 3.8) is 0 Å². The average molecular weight is 303 g/mol. The van der Waals surface area contributed by atoms with Crippen LogP contribution in [0.25, 0.3) is 0 Å². The Balaban J connectivity index is 1.98. The molecule has 0 bridgehead atoms. The zero-order valence-electron chi connectivity index (χ0n) is 8.86. The van der Waals surface area contributed by atoms with Gasteiger partial charge in [0.15, 0.2) is 0 Å². The summed E-state index contributed by atoms with van der Waals surface area (Å²) in [5, 5.41) is 0. The molecule has 0 N–H and O–H groups in total. The van der Waals surface area contributed by atoms with E-state index in [2.05, 4.69) is 15.9 Å². The van der Waals surface area contributed by atoms with Crippen molar-refractivity contribution in [2.45, 2.75) is 55.2 Å². The largest absolute Gasteiger partial charge is 0.310 e. The van der Waals surface area contributed by atoms with Gasteiger partial charge in [-0.15, -0.1) is 0 Å². The molecule has 2 saturated carbocycles. The van der Waals surface area contributed by atoms with Crippen molar-refractivity contribution < 1.29 is 17.6 Å². The smallest absolute Gasteiger partial charge is 0.200 e. The van der Waals surface area contributed by atoms with E-state index in [1.54, 1.807) is 0 Å². The Morgan fingerprint density at radius 1 is 0.750 bits per heavy atom. The minimum absolute atomic E-state index is 0.0630. The molecule has 0 aromatic heterocycles. The van der Waals surface area contributed by atoms with E-state index in [4.69, 9.17) is 0 Å². The van der Waals surface area contributed by atoms with Crippen molar-refractivity contribution >= 4 is 15.9 Å². The molecule has 2 aliphatic carbocycles. The van der Waals surface area contributed by atoms with E-state index in [1.807, 2.05) is 0 Å². The minimum Gasteiger partial charge on any atom is -0.200 e. The molecule has 0 unspecified atom stereocenters. The van der Waals surface area contributed by atoms with Gasteiger partial charge in [0.25, 0.3) is 0 Å². The summed E-state index contributed by atoms with van der Waals surface area (Å²) in [6.07, 6.45) is 2.17. The van der Waals surface area contributed by atoms with Gasteiger partial charge in [0.05, 0.1) is 0 Å². The summed E-state index contributed by atoms with van der Waals surface area (Å²) in [5.74, 6) is -8.01. The van der Waals surface area contributed by atoms with Crippen LogP contribution in [0.1, 0.15) is 38.5 Å². The van der Waals surface area contributed by atoms with Crippen LogP contribution >= 0.6 is 15.9 Å². The monoisotopic (exact) mass is 302 g/mol. The van der Waals surface area contributed by atoms with Gasteiger partial charge in [-0.1, -0.05) is 15.9 Å². The second-order valence-corrected chi connectivity index (χ2v) is 6.38. The van der Waals surface area contributed by atoms with Crippen LogP contribution in [-0.4, -0.2) is 16.7 Å². The fourth-order valence-corrected chi connectivity index (χ4v) is 3.44. The standard InChI is InChI=1S/C11H15BrF4/c12-9-3-1-7(2-4-9)8-5-10(13,14)11(15,16)6-8/h7-9H,1-6H2. The maximum atomic E-state index is 13.0. The molecular formula is C11H15BrF4. The minimum atomic E-state index is -3.79. The molecule has 0 saturated heterocycles. The maximum Gasteiger partial charge on any atom is 0.310 e. The van der Waals surface area contributed by atoms with Crippen LogP contribution < -0.4 is 0 Å². The second kappa shape index (κ2) is 4.14. The lowest BCUT2D eigenvalue weighted by Gasteiger charge is -2.29. The highest BCUT2D eigenvalue weighted by Crippen LogP contribution is 2.54. The van der Waals surface area contributed by atoms with Crippen LogP contribution in [0.5, 0.6) is 0 Å². The van der Waals surface area contributed by atoms with Gasteiger partial charge >= 0.3 is 11.8 Å². The number of alkyl halides is 5. The summed E-state index contributed by atoms with van der Waals surface area (Å²) < 4.78 is 52.2. The van der Waals surface area contributed by atoms with Gasteiger partial charge in [-0.2, -0.15) is 17.6 Å². The van der Waals surface area contributed by atoms with Crippen LogP contribution in [0.15, 0.2) is 0 Å². The van der Waals surface area contributed by atoms with Crippen molar-refractivity contribution in [2.75, 3.05) is 0 Å². The SMILES string of the molecule is FC1(F)CC(C2CCC(Br)CC2)CC1(F)F. The third-order valence-corrected chi connectivity index (χ3v) is 4.86. The van der Waals surface area contributed by atoms with E-state index in [-0.39, 0.29) is 5.92 Å². The van der Waals surface area contributed by atoms with Gasteiger partial charge < -0.3 is 0 Å². The van der Waals surface area contributed by atoms with Gasteiger partial charge in [0.2, 0.25) is 0 Å². The number of halogens is 5. The van der Waals surface area contributed by atoms with E-state index in [9.17, 15) is 17.6 Å². The highest BCUT2D eigenvalue weighted by molar-refractivity contribution is 9.09. The van der Waals surface area contributed by atoms with E-state index < -0.39 is 30.6 Å². The molecule has 0 amide bonds. The van der Waals surface area contributed by atoms with Gasteiger partial charge in [-0.25, -0.2) is 0 Å². The van der Waals surface area contributed by atoms with Gasteiger partial charge in [-0.3, -0.25) is 0 Å². The summed E-state index contributed by atoms with van der Waals surface area (Å²) in [6, 6.07) is 0. The van der Waals surface area contributed by atoms with Crippen molar-refractivity contribution in [1.29, 1.82) is 0 Å². The molecule has 0 aliphatic heterocycles. The fraction of sp³-hybridized carbons (Fsp3) is 1.00. The van der Waals surface area contributed by atoms with Crippen molar-refractivity contribution in [3.05, 3.63) is 0 Å². The molecule has 94 valence electrons. The maximum absolute atomic E-state index is 13.0. The summed E-state index contributed by atoms with van der Waals surface area (Å²) in [5.41, 5.74) is 0. The first-order valence-electron chi connectivity index (χ1n) is 5.71. The summed E-state index contributed by atoms with van der Waals surface area (Å²) in [4.78, 5) is 0.436.